The monoisotopic (exact) mass is 360 g/mol. The molecule has 2 aromatic heterocycles. The Kier molecular flexibility index (Phi) is 4.75. The average Bonchev–Trinajstić information content (AvgIpc) is 3.37. The molecule has 0 atom stereocenters. The van der Waals surface area contributed by atoms with Gasteiger partial charge in [0.1, 0.15) is 17.4 Å². The molecule has 27 heavy (non-hydrogen) atoms. The zero-order valence-electron chi connectivity index (χ0n) is 14.9. The summed E-state index contributed by atoms with van der Waals surface area (Å²) >= 11 is 0. The van der Waals surface area contributed by atoms with Gasteiger partial charge in [-0.25, -0.2) is 4.98 Å². The molecule has 3 aromatic rings. The summed E-state index contributed by atoms with van der Waals surface area (Å²) in [6, 6.07) is 11.2. The molecule has 1 fully saturated rings. The second-order valence-electron chi connectivity index (χ2n) is 6.68. The number of likely N-dealkylation sites (tertiary alicyclic amines) is 1. The van der Waals surface area contributed by atoms with Crippen molar-refractivity contribution in [3.8, 4) is 17.7 Å². The number of carbonyl (C=O) groups is 1. The highest BCUT2D eigenvalue weighted by molar-refractivity contribution is 5.85. The fourth-order valence-corrected chi connectivity index (χ4v) is 3.46. The third kappa shape index (κ3) is 3.63. The maximum atomic E-state index is 12.3. The van der Waals surface area contributed by atoms with Crippen molar-refractivity contribution < 1.29 is 9.53 Å². The van der Waals surface area contributed by atoms with Crippen LogP contribution in [0.4, 0.5) is 0 Å². The number of nitrogens with one attached hydrogen (secondary N) is 1. The van der Waals surface area contributed by atoms with Gasteiger partial charge >= 0.3 is 0 Å². The summed E-state index contributed by atoms with van der Waals surface area (Å²) in [7, 11) is 0. The predicted octanol–water partition coefficient (Wildman–Crippen LogP) is 3.78. The first kappa shape index (κ1) is 17.1. The fraction of sp³-hybridized carbons (Fsp3) is 0.286. The summed E-state index contributed by atoms with van der Waals surface area (Å²) in [5, 5.41) is 10.2. The summed E-state index contributed by atoms with van der Waals surface area (Å²) in [4.78, 5) is 21.6. The van der Waals surface area contributed by atoms with Gasteiger partial charge in [0.25, 0.3) is 0 Å². The Bertz CT molecular complexity index is 1010. The van der Waals surface area contributed by atoms with Crippen molar-refractivity contribution in [3.05, 3.63) is 53.9 Å². The van der Waals surface area contributed by atoms with Crippen LogP contribution >= 0.6 is 0 Å². The molecule has 1 saturated heterocycles. The van der Waals surface area contributed by atoms with Gasteiger partial charge in [0.05, 0.1) is 0 Å². The topological polar surface area (TPSA) is 82.0 Å². The Morgan fingerprint density at radius 3 is 2.96 bits per heavy atom. The summed E-state index contributed by atoms with van der Waals surface area (Å²) < 4.78 is 5.82. The first-order valence-electron chi connectivity index (χ1n) is 9.15. The molecule has 4 rings (SSSR count). The number of aromatic nitrogens is 2. The lowest BCUT2D eigenvalue weighted by atomic mass is 10.1. The Morgan fingerprint density at radius 2 is 2.15 bits per heavy atom. The molecule has 1 aliphatic rings. The molecule has 3 heterocycles. The number of ether oxygens (including phenoxy) is 1. The highest BCUT2D eigenvalue weighted by Crippen LogP contribution is 2.28. The first-order chi connectivity index (χ1) is 13.2. The van der Waals surface area contributed by atoms with Gasteiger partial charge in [-0.05, 0) is 55.2 Å². The van der Waals surface area contributed by atoms with Crippen molar-refractivity contribution in [2.24, 2.45) is 0 Å². The number of amides is 1. The van der Waals surface area contributed by atoms with Gasteiger partial charge in [-0.3, -0.25) is 4.79 Å². The van der Waals surface area contributed by atoms with Crippen molar-refractivity contribution in [3.63, 3.8) is 0 Å². The van der Waals surface area contributed by atoms with E-state index in [9.17, 15) is 10.1 Å². The van der Waals surface area contributed by atoms with Gasteiger partial charge in [0.2, 0.25) is 11.8 Å². The lowest BCUT2D eigenvalue weighted by Crippen LogP contribution is -2.27. The van der Waals surface area contributed by atoms with Crippen LogP contribution in [0.3, 0.4) is 0 Å². The van der Waals surface area contributed by atoms with Crippen LogP contribution in [-0.4, -0.2) is 33.9 Å². The number of nitriles is 1. The standard InChI is InChI=1S/C21H20N4O2/c22-13-15-4-3-9-23-21(15)27-17-6-7-19-18(12-17)16(14-24-19)5-8-20(26)25-10-1-2-11-25/h3-4,6-7,9,12,14,24H,1-2,5,8,10-11H2. The number of benzene rings is 1. The number of pyridine rings is 1. The number of nitrogens with zero attached hydrogens (tertiary/aromatic N) is 3. The number of aryl methyl sites for hydroxylation is 1. The van der Waals surface area contributed by atoms with Gasteiger partial charge in [0.15, 0.2) is 0 Å². The minimum Gasteiger partial charge on any atom is -0.438 e. The molecule has 136 valence electrons. The van der Waals surface area contributed by atoms with Crippen LogP contribution in [0.15, 0.2) is 42.7 Å². The molecule has 6 nitrogen and oxygen atoms in total. The highest BCUT2D eigenvalue weighted by Gasteiger charge is 2.18. The lowest BCUT2D eigenvalue weighted by molar-refractivity contribution is -0.130. The quantitative estimate of drug-likeness (QED) is 0.751. The SMILES string of the molecule is N#Cc1cccnc1Oc1ccc2[nH]cc(CCC(=O)N3CCCC3)c2c1. The average molecular weight is 360 g/mol. The van der Waals surface area contributed by atoms with E-state index in [-0.39, 0.29) is 5.91 Å². The molecule has 0 bridgehead atoms. The third-order valence-electron chi connectivity index (χ3n) is 4.91. The van der Waals surface area contributed by atoms with E-state index in [2.05, 4.69) is 16.0 Å². The van der Waals surface area contributed by atoms with Crippen molar-refractivity contribution in [2.75, 3.05) is 13.1 Å². The number of carbonyl (C=O) groups excluding carboxylic acids is 1. The summed E-state index contributed by atoms with van der Waals surface area (Å²) in [5.74, 6) is 1.13. The van der Waals surface area contributed by atoms with E-state index in [0.29, 0.717) is 30.0 Å². The molecule has 1 amide bonds. The largest absolute Gasteiger partial charge is 0.438 e. The first-order valence-corrected chi connectivity index (χ1v) is 9.15. The smallest absolute Gasteiger partial charge is 0.237 e. The molecular weight excluding hydrogens is 340 g/mol. The number of H-pyrrole nitrogens is 1. The van der Waals surface area contributed by atoms with E-state index in [4.69, 9.17) is 4.74 Å². The van der Waals surface area contributed by atoms with E-state index in [1.807, 2.05) is 29.3 Å². The molecule has 0 unspecified atom stereocenters. The summed E-state index contributed by atoms with van der Waals surface area (Å²) in [6.45, 7) is 1.77. The lowest BCUT2D eigenvalue weighted by Gasteiger charge is -2.14. The van der Waals surface area contributed by atoms with Crippen LogP contribution < -0.4 is 4.74 Å². The highest BCUT2D eigenvalue weighted by atomic mass is 16.5. The van der Waals surface area contributed by atoms with E-state index < -0.39 is 0 Å². The van der Waals surface area contributed by atoms with Gasteiger partial charge < -0.3 is 14.6 Å². The van der Waals surface area contributed by atoms with Gasteiger partial charge in [-0.1, -0.05) is 0 Å². The van der Waals surface area contributed by atoms with Crippen LogP contribution in [-0.2, 0) is 11.2 Å². The Morgan fingerprint density at radius 1 is 1.30 bits per heavy atom. The van der Waals surface area contributed by atoms with Crippen molar-refractivity contribution in [2.45, 2.75) is 25.7 Å². The molecule has 0 aliphatic carbocycles. The van der Waals surface area contributed by atoms with Crippen molar-refractivity contribution in [1.29, 1.82) is 5.26 Å². The van der Waals surface area contributed by atoms with Crippen molar-refractivity contribution in [1.82, 2.24) is 14.9 Å². The number of hydrogen-bond donors (Lipinski definition) is 1. The molecular formula is C21H20N4O2. The summed E-state index contributed by atoms with van der Waals surface area (Å²) in [5.41, 5.74) is 2.47. The number of aromatic amines is 1. The van der Waals surface area contributed by atoms with Gasteiger partial charge in [-0.15, -0.1) is 0 Å². The fourth-order valence-electron chi connectivity index (χ4n) is 3.46. The van der Waals surface area contributed by atoms with E-state index >= 15 is 0 Å². The molecule has 0 radical (unpaired) electrons. The van der Waals surface area contributed by atoms with Crippen LogP contribution in [0.25, 0.3) is 10.9 Å². The number of fused-ring (bicyclic) bond motifs is 1. The molecule has 1 aliphatic heterocycles. The van der Waals surface area contributed by atoms with Crippen LogP contribution in [0, 0.1) is 11.3 Å². The van der Waals surface area contributed by atoms with Gasteiger partial charge in [-0.2, -0.15) is 5.26 Å². The number of rotatable bonds is 5. The van der Waals surface area contributed by atoms with Crippen LogP contribution in [0.5, 0.6) is 11.6 Å². The minimum atomic E-state index is 0.224. The Hall–Kier alpha value is -3.33. The molecule has 1 aromatic carbocycles. The van der Waals surface area contributed by atoms with Gasteiger partial charge in [0, 0.05) is 42.8 Å². The van der Waals surface area contributed by atoms with E-state index in [1.54, 1.807) is 18.3 Å². The predicted molar refractivity (Wildman–Crippen MR) is 101 cm³/mol. The zero-order chi connectivity index (χ0) is 18.6. The van der Waals surface area contributed by atoms with Crippen LogP contribution in [0.2, 0.25) is 0 Å². The number of hydrogen-bond acceptors (Lipinski definition) is 4. The molecule has 0 spiro atoms. The zero-order valence-corrected chi connectivity index (χ0v) is 14.9. The molecule has 0 saturated carbocycles. The van der Waals surface area contributed by atoms with Crippen molar-refractivity contribution >= 4 is 16.8 Å². The Balaban J connectivity index is 1.52. The van der Waals surface area contributed by atoms with Crippen LogP contribution in [0.1, 0.15) is 30.4 Å². The normalized spacial score (nSPS) is 13.7. The Labute approximate surface area is 157 Å². The van der Waals surface area contributed by atoms with E-state index in [1.165, 1.54) is 0 Å². The second-order valence-corrected chi connectivity index (χ2v) is 6.68. The van der Waals surface area contributed by atoms with E-state index in [0.717, 1.165) is 42.4 Å². The minimum absolute atomic E-state index is 0.224. The maximum absolute atomic E-state index is 12.3. The molecule has 6 heteroatoms. The molecule has 1 N–H and O–H groups in total. The summed E-state index contributed by atoms with van der Waals surface area (Å²) in [6.07, 6.45) is 6.96. The maximum Gasteiger partial charge on any atom is 0.237 e. The second kappa shape index (κ2) is 7.50. The third-order valence-corrected chi connectivity index (χ3v) is 4.91.